The molecule has 0 radical (unpaired) electrons. The van der Waals surface area contributed by atoms with Crippen LogP contribution >= 0.6 is 0 Å². The van der Waals surface area contributed by atoms with Crippen LogP contribution in [0, 0.1) is 0 Å². The van der Waals surface area contributed by atoms with Crippen molar-refractivity contribution < 1.29 is 19.4 Å². The minimum atomic E-state index is -0.761. The van der Waals surface area contributed by atoms with E-state index in [-0.39, 0.29) is 18.4 Å². The minimum Gasteiger partial charge on any atom is -0.459 e. The highest BCUT2D eigenvalue weighted by atomic mass is 16.5. The Morgan fingerprint density at radius 3 is 2.93 bits per heavy atom. The summed E-state index contributed by atoms with van der Waals surface area (Å²) >= 11 is 0. The van der Waals surface area contributed by atoms with Crippen LogP contribution in [0.25, 0.3) is 0 Å². The Kier molecular flexibility index (Phi) is 4.67. The first-order chi connectivity index (χ1) is 14.5. The SMILES string of the molecule is O=C(NC[C@H](O)CN1CCc2ccccc2C1)c1cnc2c(c1)NC(=O)C1(CC1)O2. The van der Waals surface area contributed by atoms with Gasteiger partial charge in [0.2, 0.25) is 5.88 Å². The Morgan fingerprint density at radius 1 is 1.33 bits per heavy atom. The van der Waals surface area contributed by atoms with Gasteiger partial charge in [0.25, 0.3) is 11.8 Å². The first-order valence-corrected chi connectivity index (χ1v) is 10.3. The van der Waals surface area contributed by atoms with Crippen molar-refractivity contribution >= 4 is 17.5 Å². The summed E-state index contributed by atoms with van der Waals surface area (Å²) in [6.45, 7) is 2.32. The molecule has 0 saturated heterocycles. The molecule has 2 aliphatic heterocycles. The number of carbonyl (C=O) groups is 2. The van der Waals surface area contributed by atoms with Gasteiger partial charge in [0.1, 0.15) is 5.69 Å². The van der Waals surface area contributed by atoms with Gasteiger partial charge in [-0.3, -0.25) is 14.5 Å². The van der Waals surface area contributed by atoms with Crippen molar-refractivity contribution in [3.8, 4) is 5.88 Å². The molecule has 1 spiro atoms. The van der Waals surface area contributed by atoms with Crippen LogP contribution in [-0.4, -0.2) is 58.1 Å². The summed E-state index contributed by atoms with van der Waals surface area (Å²) in [6.07, 6.45) is 3.08. The van der Waals surface area contributed by atoms with E-state index in [4.69, 9.17) is 4.74 Å². The number of hydrogen-bond acceptors (Lipinski definition) is 6. The number of ether oxygens (including phenoxy) is 1. The lowest BCUT2D eigenvalue weighted by Gasteiger charge is -2.30. The Labute approximate surface area is 174 Å². The second kappa shape index (κ2) is 7.37. The Bertz CT molecular complexity index is 1000. The molecule has 3 N–H and O–H groups in total. The molecule has 1 saturated carbocycles. The van der Waals surface area contributed by atoms with Gasteiger partial charge in [-0.25, -0.2) is 4.98 Å². The van der Waals surface area contributed by atoms with Crippen molar-refractivity contribution in [1.29, 1.82) is 0 Å². The van der Waals surface area contributed by atoms with Gasteiger partial charge in [-0.15, -0.1) is 0 Å². The van der Waals surface area contributed by atoms with Crippen molar-refractivity contribution in [2.24, 2.45) is 0 Å². The highest BCUT2D eigenvalue weighted by Crippen LogP contribution is 2.45. The molecule has 5 rings (SSSR count). The van der Waals surface area contributed by atoms with Crippen LogP contribution in [0.4, 0.5) is 5.69 Å². The third-order valence-corrected chi connectivity index (χ3v) is 5.95. The topological polar surface area (TPSA) is 104 Å². The summed E-state index contributed by atoms with van der Waals surface area (Å²) in [5.74, 6) is -0.198. The number of nitrogens with one attached hydrogen (secondary N) is 2. The molecule has 8 nitrogen and oxygen atoms in total. The van der Waals surface area contributed by atoms with E-state index >= 15 is 0 Å². The van der Waals surface area contributed by atoms with E-state index in [1.807, 2.05) is 6.07 Å². The van der Waals surface area contributed by atoms with Crippen LogP contribution in [0.3, 0.4) is 0 Å². The number of β-amino-alcohol motifs (C(OH)–C–C–N with tert-alkyl or cyclic N) is 1. The number of carbonyl (C=O) groups excluding carboxylic acids is 2. The molecule has 1 aromatic heterocycles. The third kappa shape index (κ3) is 3.64. The van der Waals surface area contributed by atoms with E-state index < -0.39 is 11.7 Å². The molecule has 1 fully saturated rings. The summed E-state index contributed by atoms with van der Waals surface area (Å²) in [7, 11) is 0. The molecule has 2 amide bonds. The van der Waals surface area contributed by atoms with Crippen LogP contribution in [0.1, 0.15) is 34.3 Å². The summed E-state index contributed by atoms with van der Waals surface area (Å²) in [4.78, 5) is 31.0. The maximum Gasteiger partial charge on any atom is 0.268 e. The van der Waals surface area contributed by atoms with Gasteiger partial charge in [-0.2, -0.15) is 0 Å². The van der Waals surface area contributed by atoms with Gasteiger partial charge < -0.3 is 20.5 Å². The minimum absolute atomic E-state index is 0.139. The lowest BCUT2D eigenvalue weighted by Crippen LogP contribution is -2.42. The maximum absolute atomic E-state index is 12.5. The molecule has 2 aromatic rings. The normalized spacial score (nSPS) is 19.8. The second-order valence-corrected chi connectivity index (χ2v) is 8.24. The monoisotopic (exact) mass is 408 g/mol. The van der Waals surface area contributed by atoms with Gasteiger partial charge in [-0.05, 0) is 23.6 Å². The van der Waals surface area contributed by atoms with Crippen LogP contribution in [0.5, 0.6) is 5.88 Å². The molecule has 1 atom stereocenters. The standard InChI is InChI=1S/C22H24N4O4/c27-17(13-26-8-5-14-3-1-2-4-15(14)12-26)11-23-19(28)16-9-18-20(24-10-16)30-22(6-7-22)21(29)25-18/h1-4,9-10,17,27H,5-8,11-13H2,(H,23,28)(H,25,29)/t17-/m0/s1. The first-order valence-electron chi connectivity index (χ1n) is 10.3. The molecular formula is C22H24N4O4. The molecule has 8 heteroatoms. The second-order valence-electron chi connectivity index (χ2n) is 8.24. The van der Waals surface area contributed by atoms with Crippen molar-refractivity contribution in [3.05, 3.63) is 53.2 Å². The van der Waals surface area contributed by atoms with E-state index in [2.05, 4.69) is 38.7 Å². The van der Waals surface area contributed by atoms with Crippen LogP contribution in [0.15, 0.2) is 36.5 Å². The van der Waals surface area contributed by atoms with Gasteiger partial charge >= 0.3 is 0 Å². The first kappa shape index (κ1) is 19.0. The molecule has 3 aliphatic rings. The highest BCUT2D eigenvalue weighted by Gasteiger charge is 2.55. The third-order valence-electron chi connectivity index (χ3n) is 5.95. The summed E-state index contributed by atoms with van der Waals surface area (Å²) in [6, 6.07) is 9.90. The number of aliphatic hydroxyl groups is 1. The van der Waals surface area contributed by atoms with Gasteiger partial charge in [0, 0.05) is 45.2 Å². The van der Waals surface area contributed by atoms with Crippen molar-refractivity contribution in [3.63, 3.8) is 0 Å². The van der Waals surface area contributed by atoms with E-state index in [0.717, 1.165) is 19.5 Å². The molecular weight excluding hydrogens is 384 g/mol. The average Bonchev–Trinajstić information content (AvgIpc) is 3.53. The summed E-state index contributed by atoms with van der Waals surface area (Å²) in [5, 5.41) is 15.9. The summed E-state index contributed by atoms with van der Waals surface area (Å²) in [5.41, 5.74) is 2.60. The van der Waals surface area contributed by atoms with E-state index in [1.165, 1.54) is 17.3 Å². The largest absolute Gasteiger partial charge is 0.459 e. The Hall–Kier alpha value is -2.97. The van der Waals surface area contributed by atoms with Gasteiger partial charge in [0.05, 0.1) is 11.7 Å². The molecule has 0 unspecified atom stereocenters. The predicted octanol–water partition coefficient (Wildman–Crippen LogP) is 1.09. The van der Waals surface area contributed by atoms with Gasteiger partial charge in [-0.1, -0.05) is 24.3 Å². The quantitative estimate of drug-likeness (QED) is 0.684. The highest BCUT2D eigenvalue weighted by molar-refractivity contribution is 6.03. The Balaban J connectivity index is 1.15. The fourth-order valence-corrected chi connectivity index (χ4v) is 4.04. The number of hydrogen-bond donors (Lipinski definition) is 3. The lowest BCUT2D eigenvalue weighted by molar-refractivity contribution is -0.125. The number of pyridine rings is 1. The molecule has 0 bridgehead atoms. The average molecular weight is 408 g/mol. The van der Waals surface area contributed by atoms with Crippen LogP contribution < -0.4 is 15.4 Å². The molecule has 30 heavy (non-hydrogen) atoms. The zero-order valence-corrected chi connectivity index (χ0v) is 16.6. The number of amides is 2. The molecule has 156 valence electrons. The molecule has 1 aliphatic carbocycles. The Morgan fingerprint density at radius 2 is 2.13 bits per heavy atom. The fourth-order valence-electron chi connectivity index (χ4n) is 4.04. The van der Waals surface area contributed by atoms with Crippen LogP contribution in [-0.2, 0) is 17.8 Å². The lowest BCUT2D eigenvalue weighted by atomic mass is 10.00. The fraction of sp³-hybridized carbons (Fsp3) is 0.409. The summed E-state index contributed by atoms with van der Waals surface area (Å²) < 4.78 is 5.68. The van der Waals surface area contributed by atoms with Crippen molar-refractivity contribution in [2.45, 2.75) is 37.5 Å². The zero-order chi connectivity index (χ0) is 20.7. The number of rotatable bonds is 5. The van der Waals surface area contributed by atoms with E-state index in [0.29, 0.717) is 36.5 Å². The maximum atomic E-state index is 12.5. The smallest absolute Gasteiger partial charge is 0.268 e. The number of fused-ring (bicyclic) bond motifs is 2. The van der Waals surface area contributed by atoms with E-state index in [1.54, 1.807) is 6.07 Å². The number of nitrogens with zero attached hydrogens (tertiary/aromatic N) is 2. The predicted molar refractivity (Wildman–Crippen MR) is 109 cm³/mol. The molecule has 3 heterocycles. The number of aromatic nitrogens is 1. The van der Waals surface area contributed by atoms with E-state index in [9.17, 15) is 14.7 Å². The van der Waals surface area contributed by atoms with Crippen molar-refractivity contribution in [1.82, 2.24) is 15.2 Å². The number of benzene rings is 1. The number of anilines is 1. The van der Waals surface area contributed by atoms with Crippen molar-refractivity contribution in [2.75, 3.05) is 25.0 Å². The zero-order valence-electron chi connectivity index (χ0n) is 16.6. The van der Waals surface area contributed by atoms with Gasteiger partial charge in [0.15, 0.2) is 5.60 Å². The molecule has 1 aromatic carbocycles. The number of aliphatic hydroxyl groups excluding tert-OH is 1. The van der Waals surface area contributed by atoms with Crippen LogP contribution in [0.2, 0.25) is 0 Å².